The first-order valence-corrected chi connectivity index (χ1v) is 5.42. The summed E-state index contributed by atoms with van der Waals surface area (Å²) in [6.07, 6.45) is 0.0917. The molecule has 0 saturated carbocycles. The molecule has 5 nitrogen and oxygen atoms in total. The monoisotopic (exact) mass is 255 g/mol. The molecule has 0 aliphatic heterocycles. The molecule has 1 rings (SSSR count). The number of halogens is 1. The van der Waals surface area contributed by atoms with Crippen LogP contribution in [0.5, 0.6) is 0 Å². The van der Waals surface area contributed by atoms with Crippen LogP contribution in [0.15, 0.2) is 18.2 Å². The Morgan fingerprint density at radius 1 is 1.47 bits per heavy atom. The molecule has 17 heavy (non-hydrogen) atoms. The fraction of sp³-hybridized carbons (Fsp3) is 0.273. The van der Waals surface area contributed by atoms with Crippen molar-refractivity contribution in [1.29, 1.82) is 0 Å². The van der Waals surface area contributed by atoms with Gasteiger partial charge in [0.2, 0.25) is 5.91 Å². The second kappa shape index (κ2) is 5.54. The first-order valence-electron chi connectivity index (χ1n) is 5.04. The fourth-order valence-corrected chi connectivity index (χ4v) is 1.51. The van der Waals surface area contributed by atoms with E-state index in [-0.39, 0.29) is 18.4 Å². The van der Waals surface area contributed by atoms with E-state index < -0.39 is 5.91 Å². The molecule has 0 saturated heterocycles. The molecule has 6 heteroatoms. The molecule has 1 atom stereocenters. The molecule has 0 heterocycles. The lowest BCUT2D eigenvalue weighted by atomic mass is 10.1. The number of hydrogen-bond acceptors (Lipinski definition) is 3. The summed E-state index contributed by atoms with van der Waals surface area (Å²) in [5.41, 5.74) is 11.4. The number of benzene rings is 1. The lowest BCUT2D eigenvalue weighted by Crippen LogP contribution is -2.35. The van der Waals surface area contributed by atoms with E-state index in [0.717, 1.165) is 0 Å². The van der Waals surface area contributed by atoms with Crippen molar-refractivity contribution in [3.63, 3.8) is 0 Å². The first kappa shape index (κ1) is 13.3. The summed E-state index contributed by atoms with van der Waals surface area (Å²) in [4.78, 5) is 22.4. The van der Waals surface area contributed by atoms with Gasteiger partial charge in [-0.05, 0) is 25.1 Å². The third-order valence-corrected chi connectivity index (χ3v) is 2.47. The van der Waals surface area contributed by atoms with Crippen LogP contribution in [0.4, 0.5) is 5.69 Å². The Balaban J connectivity index is 2.70. The predicted octanol–water partition coefficient (Wildman–Crippen LogP) is 0.916. The third-order valence-electron chi connectivity index (χ3n) is 2.15. The van der Waals surface area contributed by atoms with E-state index in [9.17, 15) is 9.59 Å². The number of nitrogens with two attached hydrogens (primary N) is 2. The molecule has 5 N–H and O–H groups in total. The number of hydrogen-bond donors (Lipinski definition) is 3. The zero-order chi connectivity index (χ0) is 13.0. The van der Waals surface area contributed by atoms with Crippen LogP contribution in [0.1, 0.15) is 23.7 Å². The highest BCUT2D eigenvalue weighted by atomic mass is 35.5. The van der Waals surface area contributed by atoms with Crippen molar-refractivity contribution >= 4 is 29.1 Å². The number of carbonyl (C=O) groups is 2. The molecular weight excluding hydrogens is 242 g/mol. The Hall–Kier alpha value is -1.75. The van der Waals surface area contributed by atoms with Crippen molar-refractivity contribution in [3.05, 3.63) is 28.8 Å². The van der Waals surface area contributed by atoms with Crippen LogP contribution in [0, 0.1) is 0 Å². The third kappa shape index (κ3) is 3.96. The van der Waals surface area contributed by atoms with Gasteiger partial charge in [0.15, 0.2) is 0 Å². The Labute approximate surface area is 104 Å². The lowest BCUT2D eigenvalue weighted by Gasteiger charge is -2.12. The molecule has 0 fully saturated rings. The maximum atomic E-state index is 11.7. The van der Waals surface area contributed by atoms with Crippen molar-refractivity contribution in [3.8, 4) is 0 Å². The zero-order valence-electron chi connectivity index (χ0n) is 9.37. The smallest absolute Gasteiger partial charge is 0.251 e. The van der Waals surface area contributed by atoms with Crippen molar-refractivity contribution in [2.24, 2.45) is 5.73 Å². The molecule has 1 unspecified atom stereocenters. The zero-order valence-corrected chi connectivity index (χ0v) is 10.1. The standard InChI is InChI=1S/C11H14ClN3O2/c1-6(4-10(14)16)15-11(17)7-2-3-9(13)8(12)5-7/h2-3,5-6H,4,13H2,1H3,(H2,14,16)(H,15,17). The van der Waals surface area contributed by atoms with Gasteiger partial charge in [-0.15, -0.1) is 0 Å². The van der Waals surface area contributed by atoms with Crippen molar-refractivity contribution in [1.82, 2.24) is 5.32 Å². The summed E-state index contributed by atoms with van der Waals surface area (Å²) in [5.74, 6) is -0.784. The molecule has 1 aromatic rings. The summed E-state index contributed by atoms with van der Waals surface area (Å²) >= 11 is 5.80. The van der Waals surface area contributed by atoms with Gasteiger partial charge in [-0.25, -0.2) is 0 Å². The second-order valence-electron chi connectivity index (χ2n) is 3.78. The van der Waals surface area contributed by atoms with Gasteiger partial charge in [0.25, 0.3) is 5.91 Å². The van der Waals surface area contributed by atoms with Gasteiger partial charge >= 0.3 is 0 Å². The maximum Gasteiger partial charge on any atom is 0.251 e. The van der Waals surface area contributed by atoms with E-state index in [1.54, 1.807) is 19.1 Å². The maximum absolute atomic E-state index is 11.7. The molecule has 0 aliphatic carbocycles. The fourth-order valence-electron chi connectivity index (χ4n) is 1.33. The van der Waals surface area contributed by atoms with Gasteiger partial charge in [-0.3, -0.25) is 9.59 Å². The molecule has 0 aromatic heterocycles. The highest BCUT2D eigenvalue weighted by molar-refractivity contribution is 6.33. The average molecular weight is 256 g/mol. The van der Waals surface area contributed by atoms with E-state index in [2.05, 4.69) is 5.32 Å². The predicted molar refractivity (Wildman–Crippen MR) is 66.6 cm³/mol. The molecule has 0 bridgehead atoms. The average Bonchev–Trinajstić information content (AvgIpc) is 2.20. The topological polar surface area (TPSA) is 98.2 Å². The van der Waals surface area contributed by atoms with Gasteiger partial charge in [0, 0.05) is 18.0 Å². The van der Waals surface area contributed by atoms with Crippen LogP contribution in [0.3, 0.4) is 0 Å². The van der Waals surface area contributed by atoms with Gasteiger partial charge in [0.05, 0.1) is 10.7 Å². The highest BCUT2D eigenvalue weighted by Gasteiger charge is 2.12. The van der Waals surface area contributed by atoms with E-state index in [0.29, 0.717) is 16.3 Å². The van der Waals surface area contributed by atoms with Crippen molar-refractivity contribution in [2.75, 3.05) is 5.73 Å². The normalized spacial score (nSPS) is 11.9. The lowest BCUT2D eigenvalue weighted by molar-refractivity contribution is -0.118. The summed E-state index contributed by atoms with van der Waals surface area (Å²) < 4.78 is 0. The second-order valence-corrected chi connectivity index (χ2v) is 4.19. The van der Waals surface area contributed by atoms with Crippen LogP contribution in [0.25, 0.3) is 0 Å². The van der Waals surface area contributed by atoms with E-state index in [1.165, 1.54) is 6.07 Å². The Kier molecular flexibility index (Phi) is 4.34. The summed E-state index contributed by atoms with van der Waals surface area (Å²) in [6, 6.07) is 4.27. The van der Waals surface area contributed by atoms with Gasteiger partial charge < -0.3 is 16.8 Å². The largest absolute Gasteiger partial charge is 0.398 e. The van der Waals surface area contributed by atoms with Crippen LogP contribution in [0.2, 0.25) is 5.02 Å². The van der Waals surface area contributed by atoms with Gasteiger partial charge in [-0.2, -0.15) is 0 Å². The minimum Gasteiger partial charge on any atom is -0.398 e. The number of nitrogens with one attached hydrogen (secondary N) is 1. The highest BCUT2D eigenvalue weighted by Crippen LogP contribution is 2.19. The SMILES string of the molecule is CC(CC(N)=O)NC(=O)c1ccc(N)c(Cl)c1. The Bertz CT molecular complexity index is 448. The molecule has 2 amide bonds. The molecule has 0 aliphatic rings. The van der Waals surface area contributed by atoms with Crippen LogP contribution in [-0.2, 0) is 4.79 Å². The van der Waals surface area contributed by atoms with Crippen LogP contribution >= 0.6 is 11.6 Å². The molecule has 0 spiro atoms. The van der Waals surface area contributed by atoms with Crippen LogP contribution in [-0.4, -0.2) is 17.9 Å². The number of amides is 2. The van der Waals surface area contributed by atoms with Gasteiger partial charge in [0.1, 0.15) is 0 Å². The van der Waals surface area contributed by atoms with E-state index in [4.69, 9.17) is 23.1 Å². The van der Waals surface area contributed by atoms with E-state index >= 15 is 0 Å². The van der Waals surface area contributed by atoms with Crippen LogP contribution < -0.4 is 16.8 Å². The van der Waals surface area contributed by atoms with E-state index in [1.807, 2.05) is 0 Å². The molecule has 0 radical (unpaired) electrons. The minimum atomic E-state index is -0.465. The minimum absolute atomic E-state index is 0.0917. The quantitative estimate of drug-likeness (QED) is 0.698. The van der Waals surface area contributed by atoms with Gasteiger partial charge in [-0.1, -0.05) is 11.6 Å². The summed E-state index contributed by atoms with van der Waals surface area (Å²) in [7, 11) is 0. The molecule has 92 valence electrons. The molecule has 1 aromatic carbocycles. The first-order chi connectivity index (χ1) is 7.90. The van der Waals surface area contributed by atoms with Crippen molar-refractivity contribution < 1.29 is 9.59 Å². The number of rotatable bonds is 4. The number of carbonyl (C=O) groups excluding carboxylic acids is 2. The van der Waals surface area contributed by atoms with Crippen molar-refractivity contribution in [2.45, 2.75) is 19.4 Å². The Morgan fingerprint density at radius 2 is 2.12 bits per heavy atom. The molecular formula is C11H14ClN3O2. The Morgan fingerprint density at radius 3 is 2.65 bits per heavy atom. The summed E-state index contributed by atoms with van der Waals surface area (Å²) in [5, 5.41) is 2.95. The number of anilines is 1. The summed E-state index contributed by atoms with van der Waals surface area (Å²) in [6.45, 7) is 1.70. The number of primary amides is 1. The number of nitrogen functional groups attached to an aromatic ring is 1.